The van der Waals surface area contributed by atoms with E-state index in [4.69, 9.17) is 0 Å². The summed E-state index contributed by atoms with van der Waals surface area (Å²) in [5, 5.41) is 7.51. The van der Waals surface area contributed by atoms with Gasteiger partial charge in [-0.2, -0.15) is 5.10 Å². The predicted octanol–water partition coefficient (Wildman–Crippen LogP) is 3.69. The number of anilines is 1. The van der Waals surface area contributed by atoms with Crippen molar-refractivity contribution < 1.29 is 4.79 Å². The van der Waals surface area contributed by atoms with Gasteiger partial charge in [0, 0.05) is 24.3 Å². The molecule has 1 aliphatic heterocycles. The fourth-order valence-electron chi connectivity index (χ4n) is 3.61. The topological polar surface area (TPSA) is 50.2 Å². The van der Waals surface area contributed by atoms with E-state index in [1.165, 1.54) is 31.5 Å². The van der Waals surface area contributed by atoms with Gasteiger partial charge in [0.2, 0.25) is 5.91 Å². The molecule has 25 heavy (non-hydrogen) atoms. The van der Waals surface area contributed by atoms with Crippen molar-refractivity contribution in [3.63, 3.8) is 0 Å². The van der Waals surface area contributed by atoms with Crippen LogP contribution in [-0.2, 0) is 11.3 Å². The van der Waals surface area contributed by atoms with Crippen LogP contribution in [0.25, 0.3) is 0 Å². The molecule has 0 bridgehead atoms. The highest BCUT2D eigenvalue weighted by Crippen LogP contribution is 2.18. The van der Waals surface area contributed by atoms with E-state index in [9.17, 15) is 4.79 Å². The van der Waals surface area contributed by atoms with E-state index in [2.05, 4.69) is 27.4 Å². The van der Waals surface area contributed by atoms with Crippen molar-refractivity contribution in [1.29, 1.82) is 0 Å². The molecule has 1 aromatic heterocycles. The van der Waals surface area contributed by atoms with Crippen molar-refractivity contribution in [3.05, 3.63) is 47.3 Å². The molecule has 1 aliphatic rings. The van der Waals surface area contributed by atoms with Gasteiger partial charge in [-0.1, -0.05) is 12.1 Å². The van der Waals surface area contributed by atoms with Gasteiger partial charge >= 0.3 is 0 Å². The molecule has 0 saturated carbocycles. The van der Waals surface area contributed by atoms with Crippen LogP contribution in [0.1, 0.15) is 49.2 Å². The largest absolute Gasteiger partial charge is 0.326 e. The molecule has 1 N–H and O–H groups in total. The third-order valence-corrected chi connectivity index (χ3v) is 4.76. The van der Waals surface area contributed by atoms with Crippen LogP contribution in [0.2, 0.25) is 0 Å². The zero-order chi connectivity index (χ0) is 17.8. The molecule has 1 atom stereocenters. The number of hydrogen-bond acceptors (Lipinski definition) is 3. The molecule has 1 amide bonds. The first-order valence-electron chi connectivity index (χ1n) is 9.15. The smallest absolute Gasteiger partial charge is 0.226 e. The molecule has 5 nitrogen and oxygen atoms in total. The minimum absolute atomic E-state index is 0.0263. The Balaban J connectivity index is 1.57. The van der Waals surface area contributed by atoms with Crippen LogP contribution in [0.5, 0.6) is 0 Å². The van der Waals surface area contributed by atoms with Crippen molar-refractivity contribution >= 4 is 11.6 Å². The fraction of sp³-hybridized carbons (Fsp3) is 0.500. The minimum atomic E-state index is 0.0263. The summed E-state index contributed by atoms with van der Waals surface area (Å²) in [7, 11) is 0. The Kier molecular flexibility index (Phi) is 5.53. The lowest BCUT2D eigenvalue weighted by atomic mass is 10.1. The molecule has 2 aromatic rings. The molecular formula is C20H28N4O. The summed E-state index contributed by atoms with van der Waals surface area (Å²) < 4.78 is 1.93. The van der Waals surface area contributed by atoms with Gasteiger partial charge in [0.1, 0.15) is 0 Å². The van der Waals surface area contributed by atoms with Gasteiger partial charge in [-0.25, -0.2) is 0 Å². The first-order chi connectivity index (χ1) is 12.0. The lowest BCUT2D eigenvalue weighted by molar-refractivity contribution is -0.116. The minimum Gasteiger partial charge on any atom is -0.326 e. The van der Waals surface area contributed by atoms with E-state index < -0.39 is 0 Å². The second-order valence-corrected chi connectivity index (χ2v) is 7.16. The number of likely N-dealkylation sites (tertiary alicyclic amines) is 1. The molecule has 0 aliphatic carbocycles. The van der Waals surface area contributed by atoms with Gasteiger partial charge in [-0.05, 0) is 70.5 Å². The first kappa shape index (κ1) is 17.7. The molecule has 5 heteroatoms. The molecule has 1 saturated heterocycles. The van der Waals surface area contributed by atoms with Crippen molar-refractivity contribution in [2.24, 2.45) is 0 Å². The molecule has 0 spiro atoms. The molecule has 1 aromatic carbocycles. The zero-order valence-electron chi connectivity index (χ0n) is 15.5. The molecule has 0 radical (unpaired) electrons. The maximum absolute atomic E-state index is 12.4. The highest BCUT2D eigenvalue weighted by Gasteiger charge is 2.15. The number of aromatic nitrogens is 2. The van der Waals surface area contributed by atoms with Crippen molar-refractivity contribution in [1.82, 2.24) is 14.7 Å². The van der Waals surface area contributed by atoms with Crippen LogP contribution in [-0.4, -0.2) is 33.7 Å². The third kappa shape index (κ3) is 4.69. The van der Waals surface area contributed by atoms with Crippen LogP contribution in [0.4, 0.5) is 5.69 Å². The van der Waals surface area contributed by atoms with Gasteiger partial charge in [0.15, 0.2) is 0 Å². The summed E-state index contributed by atoms with van der Waals surface area (Å²) in [6, 6.07) is 10.3. The highest BCUT2D eigenvalue weighted by molar-refractivity contribution is 5.91. The Bertz CT molecular complexity index is 731. The Morgan fingerprint density at radius 1 is 1.24 bits per heavy atom. The van der Waals surface area contributed by atoms with E-state index in [0.717, 1.165) is 23.6 Å². The lowest BCUT2D eigenvalue weighted by Crippen LogP contribution is -2.20. The number of rotatable bonds is 6. The van der Waals surface area contributed by atoms with E-state index in [1.807, 2.05) is 43.7 Å². The SMILES string of the molecule is Cc1cc(C)n(C(C)CC(=O)Nc2cccc(CN3CCCC3)c2)n1. The standard InChI is InChI=1S/C20H28N4O/c1-15-11-16(2)24(22-15)17(3)12-20(25)21-19-8-6-7-18(13-19)14-23-9-4-5-10-23/h6-8,11,13,17H,4-5,9-10,12,14H2,1-3H3,(H,21,25). The molecule has 3 rings (SSSR count). The normalized spacial score (nSPS) is 16.1. The summed E-state index contributed by atoms with van der Waals surface area (Å²) in [5.74, 6) is 0.0263. The average molecular weight is 340 g/mol. The number of aryl methyl sites for hydroxylation is 2. The Morgan fingerprint density at radius 3 is 2.68 bits per heavy atom. The number of benzene rings is 1. The highest BCUT2D eigenvalue weighted by atomic mass is 16.1. The number of nitrogens with one attached hydrogen (secondary N) is 1. The second kappa shape index (κ2) is 7.83. The maximum Gasteiger partial charge on any atom is 0.226 e. The van der Waals surface area contributed by atoms with Gasteiger partial charge in [0.05, 0.1) is 11.7 Å². The zero-order valence-corrected chi connectivity index (χ0v) is 15.5. The van der Waals surface area contributed by atoms with Gasteiger partial charge in [0.25, 0.3) is 0 Å². The Morgan fingerprint density at radius 2 is 2.00 bits per heavy atom. The van der Waals surface area contributed by atoms with Gasteiger partial charge in [-0.15, -0.1) is 0 Å². The second-order valence-electron chi connectivity index (χ2n) is 7.16. The molecule has 1 fully saturated rings. The quantitative estimate of drug-likeness (QED) is 0.872. The molecular weight excluding hydrogens is 312 g/mol. The summed E-state index contributed by atoms with van der Waals surface area (Å²) in [5.41, 5.74) is 4.21. The van der Waals surface area contributed by atoms with Crippen LogP contribution < -0.4 is 5.32 Å². The maximum atomic E-state index is 12.4. The molecule has 134 valence electrons. The molecule has 2 heterocycles. The van der Waals surface area contributed by atoms with E-state index >= 15 is 0 Å². The van der Waals surface area contributed by atoms with E-state index in [-0.39, 0.29) is 11.9 Å². The van der Waals surface area contributed by atoms with Crippen LogP contribution in [0.3, 0.4) is 0 Å². The Hall–Kier alpha value is -2.14. The van der Waals surface area contributed by atoms with Crippen molar-refractivity contribution in [3.8, 4) is 0 Å². The number of carbonyl (C=O) groups is 1. The van der Waals surface area contributed by atoms with Crippen LogP contribution >= 0.6 is 0 Å². The summed E-state index contributed by atoms with van der Waals surface area (Å²) >= 11 is 0. The number of hydrogen-bond donors (Lipinski definition) is 1. The third-order valence-electron chi connectivity index (χ3n) is 4.76. The monoisotopic (exact) mass is 340 g/mol. The lowest BCUT2D eigenvalue weighted by Gasteiger charge is -2.16. The average Bonchev–Trinajstić information content (AvgIpc) is 3.16. The fourth-order valence-corrected chi connectivity index (χ4v) is 3.61. The van der Waals surface area contributed by atoms with Crippen LogP contribution in [0, 0.1) is 13.8 Å². The van der Waals surface area contributed by atoms with Gasteiger partial charge < -0.3 is 5.32 Å². The van der Waals surface area contributed by atoms with Gasteiger partial charge in [-0.3, -0.25) is 14.4 Å². The number of carbonyl (C=O) groups excluding carboxylic acids is 1. The van der Waals surface area contributed by atoms with E-state index in [0.29, 0.717) is 6.42 Å². The number of nitrogens with zero attached hydrogens (tertiary/aromatic N) is 3. The predicted molar refractivity (Wildman–Crippen MR) is 101 cm³/mol. The van der Waals surface area contributed by atoms with Crippen LogP contribution in [0.15, 0.2) is 30.3 Å². The Labute approximate surface area is 150 Å². The summed E-state index contributed by atoms with van der Waals surface area (Å²) in [6.07, 6.45) is 3.00. The summed E-state index contributed by atoms with van der Waals surface area (Å²) in [6.45, 7) is 9.35. The first-order valence-corrected chi connectivity index (χ1v) is 9.15. The van der Waals surface area contributed by atoms with Crippen molar-refractivity contribution in [2.75, 3.05) is 18.4 Å². The number of amides is 1. The molecule has 1 unspecified atom stereocenters. The van der Waals surface area contributed by atoms with Crippen molar-refractivity contribution in [2.45, 2.75) is 52.6 Å². The van der Waals surface area contributed by atoms with E-state index in [1.54, 1.807) is 0 Å². The summed E-state index contributed by atoms with van der Waals surface area (Å²) in [4.78, 5) is 14.9.